The fraction of sp³-hybridized carbons (Fsp3) is 0.333. The summed E-state index contributed by atoms with van der Waals surface area (Å²) >= 11 is 1.21. The van der Waals surface area contributed by atoms with Crippen molar-refractivity contribution in [1.82, 2.24) is 10.1 Å². The lowest BCUT2D eigenvalue weighted by molar-refractivity contribution is 0.0993. The number of nitriles is 1. The molecule has 0 fully saturated rings. The van der Waals surface area contributed by atoms with E-state index in [0.717, 1.165) is 0 Å². The van der Waals surface area contributed by atoms with E-state index < -0.39 is 0 Å². The first-order valence-corrected chi connectivity index (χ1v) is 6.83. The summed E-state index contributed by atoms with van der Waals surface area (Å²) in [5, 5.41) is 16.5. The Labute approximate surface area is 119 Å². The van der Waals surface area contributed by atoms with Gasteiger partial charge in [-0.25, -0.2) is 0 Å². The summed E-state index contributed by atoms with van der Waals surface area (Å²) in [4.78, 5) is 16.1. The Bertz CT molecular complexity index is 642. The van der Waals surface area contributed by atoms with Crippen LogP contribution in [0.15, 0.2) is 10.9 Å². The van der Waals surface area contributed by atoms with Crippen molar-refractivity contribution in [3.63, 3.8) is 0 Å². The Morgan fingerprint density at radius 2 is 2.45 bits per heavy atom. The number of rotatable bonds is 6. The average molecular weight is 291 g/mol. The highest BCUT2D eigenvalue weighted by Gasteiger charge is 2.19. The van der Waals surface area contributed by atoms with Crippen molar-refractivity contribution in [3.8, 4) is 6.07 Å². The molecule has 2 rings (SSSR count). The highest BCUT2D eigenvalue weighted by atomic mass is 32.1. The molecule has 104 valence electrons. The first-order valence-electron chi connectivity index (χ1n) is 6.02. The maximum absolute atomic E-state index is 11.7. The maximum Gasteiger partial charge on any atom is 0.213 e. The summed E-state index contributed by atoms with van der Waals surface area (Å²) in [5.74, 6) is 0.514. The molecule has 2 aromatic rings. The second-order valence-corrected chi connectivity index (χ2v) is 4.98. The largest absolute Gasteiger partial charge is 0.396 e. The molecule has 20 heavy (non-hydrogen) atoms. The minimum atomic E-state index is -0.0600. The van der Waals surface area contributed by atoms with Gasteiger partial charge in [-0.05, 0) is 0 Å². The van der Waals surface area contributed by atoms with Gasteiger partial charge in [0.1, 0.15) is 16.6 Å². The monoisotopic (exact) mass is 291 g/mol. The van der Waals surface area contributed by atoms with Crippen LogP contribution >= 0.6 is 11.3 Å². The van der Waals surface area contributed by atoms with Crippen molar-refractivity contribution in [2.75, 3.05) is 17.6 Å². The van der Waals surface area contributed by atoms with Gasteiger partial charge in [-0.3, -0.25) is 4.79 Å². The molecule has 0 aliphatic rings. The lowest BCUT2D eigenvalue weighted by Gasteiger charge is -2.01. The number of Topliss-reactive ketones (excluding diaryl/α,β-unsaturated/α-hetero) is 1. The molecule has 0 saturated heterocycles. The summed E-state index contributed by atoms with van der Waals surface area (Å²) in [7, 11) is 0. The molecule has 0 bridgehead atoms. The Morgan fingerprint density at radius 3 is 3.05 bits per heavy atom. The van der Waals surface area contributed by atoms with E-state index in [0.29, 0.717) is 40.7 Å². The van der Waals surface area contributed by atoms with Crippen LogP contribution < -0.4 is 11.1 Å². The van der Waals surface area contributed by atoms with E-state index in [1.807, 2.05) is 6.07 Å². The van der Waals surface area contributed by atoms with Crippen LogP contribution in [0.4, 0.5) is 10.7 Å². The second-order valence-electron chi connectivity index (χ2n) is 3.96. The molecule has 3 N–H and O–H groups in total. The van der Waals surface area contributed by atoms with E-state index in [4.69, 9.17) is 11.0 Å². The summed E-state index contributed by atoms with van der Waals surface area (Å²) in [5.41, 5.74) is 6.42. The van der Waals surface area contributed by atoms with Crippen LogP contribution in [0.1, 0.15) is 34.4 Å². The first-order chi connectivity index (χ1) is 9.67. The number of nitrogen functional groups attached to an aromatic ring is 1. The van der Waals surface area contributed by atoms with E-state index in [1.54, 1.807) is 6.92 Å². The highest BCUT2D eigenvalue weighted by molar-refractivity contribution is 7.19. The third-order valence-corrected chi connectivity index (χ3v) is 3.88. The standard InChI is InChI=1S/C12H13N5O2S/c1-2-8(18)11-10(14)7(5-13)12(20-11)15-4-3-9-16-6-19-17-9/h6,15H,2-4,14H2,1H3. The number of thiophene rings is 1. The van der Waals surface area contributed by atoms with Gasteiger partial charge in [0.25, 0.3) is 0 Å². The van der Waals surface area contributed by atoms with E-state index in [9.17, 15) is 4.79 Å². The molecule has 0 saturated carbocycles. The molecule has 2 aromatic heterocycles. The van der Waals surface area contributed by atoms with Crippen molar-refractivity contribution in [2.24, 2.45) is 0 Å². The number of anilines is 2. The number of carbonyl (C=O) groups is 1. The van der Waals surface area contributed by atoms with Crippen molar-refractivity contribution in [3.05, 3.63) is 22.7 Å². The molecule has 0 radical (unpaired) electrons. The van der Waals surface area contributed by atoms with Crippen LogP contribution in [0.25, 0.3) is 0 Å². The van der Waals surface area contributed by atoms with Gasteiger partial charge >= 0.3 is 0 Å². The van der Waals surface area contributed by atoms with Gasteiger partial charge in [-0.2, -0.15) is 10.2 Å². The molecule has 0 aliphatic heterocycles. The Kier molecular flexibility index (Phi) is 4.32. The number of hydrogen-bond acceptors (Lipinski definition) is 8. The quantitative estimate of drug-likeness (QED) is 0.779. The van der Waals surface area contributed by atoms with Crippen LogP contribution in [-0.4, -0.2) is 22.5 Å². The van der Waals surface area contributed by atoms with E-state index >= 15 is 0 Å². The molecule has 7 nitrogen and oxygen atoms in total. The first kappa shape index (κ1) is 14.0. The van der Waals surface area contributed by atoms with Gasteiger partial charge in [-0.15, -0.1) is 11.3 Å². The normalized spacial score (nSPS) is 10.2. The summed E-state index contributed by atoms with van der Waals surface area (Å²) in [6, 6.07) is 2.03. The van der Waals surface area contributed by atoms with Gasteiger partial charge < -0.3 is 15.6 Å². The van der Waals surface area contributed by atoms with Gasteiger partial charge in [0, 0.05) is 19.4 Å². The minimum Gasteiger partial charge on any atom is -0.396 e. The Balaban J connectivity index is 2.11. The van der Waals surface area contributed by atoms with Crippen LogP contribution in [0.3, 0.4) is 0 Å². The smallest absolute Gasteiger partial charge is 0.213 e. The predicted octanol–water partition coefficient (Wildman–Crippen LogP) is 1.83. The zero-order chi connectivity index (χ0) is 14.5. The van der Waals surface area contributed by atoms with Gasteiger partial charge in [0.05, 0.1) is 10.6 Å². The number of nitrogens with one attached hydrogen (secondary N) is 1. The number of aromatic nitrogens is 2. The maximum atomic E-state index is 11.7. The third-order valence-electron chi connectivity index (χ3n) is 2.67. The lowest BCUT2D eigenvalue weighted by atomic mass is 10.2. The van der Waals surface area contributed by atoms with Crippen molar-refractivity contribution in [1.29, 1.82) is 5.26 Å². The molecule has 0 unspecified atom stereocenters. The zero-order valence-electron chi connectivity index (χ0n) is 10.8. The Morgan fingerprint density at radius 1 is 1.65 bits per heavy atom. The van der Waals surface area contributed by atoms with Crippen LogP contribution in [-0.2, 0) is 6.42 Å². The topological polar surface area (TPSA) is 118 Å². The fourth-order valence-corrected chi connectivity index (χ4v) is 2.74. The molecule has 0 atom stereocenters. The Hall–Kier alpha value is -2.40. The predicted molar refractivity (Wildman–Crippen MR) is 74.6 cm³/mol. The summed E-state index contributed by atoms with van der Waals surface area (Å²) in [6.07, 6.45) is 2.17. The fourth-order valence-electron chi connectivity index (χ4n) is 1.64. The zero-order valence-corrected chi connectivity index (χ0v) is 11.7. The molecule has 0 amide bonds. The number of ketones is 1. The number of carbonyl (C=O) groups excluding carboxylic acids is 1. The van der Waals surface area contributed by atoms with Gasteiger partial charge in [-0.1, -0.05) is 12.1 Å². The van der Waals surface area contributed by atoms with Crippen molar-refractivity contribution < 1.29 is 9.32 Å². The molecule has 0 aliphatic carbocycles. The van der Waals surface area contributed by atoms with Crippen molar-refractivity contribution in [2.45, 2.75) is 19.8 Å². The highest BCUT2D eigenvalue weighted by Crippen LogP contribution is 2.35. The van der Waals surface area contributed by atoms with E-state index in [2.05, 4.69) is 20.0 Å². The second kappa shape index (κ2) is 6.16. The molecular weight excluding hydrogens is 278 g/mol. The van der Waals surface area contributed by atoms with Crippen LogP contribution in [0.2, 0.25) is 0 Å². The van der Waals surface area contributed by atoms with Crippen LogP contribution in [0, 0.1) is 11.3 Å². The molecule has 0 aromatic carbocycles. The molecule has 2 heterocycles. The van der Waals surface area contributed by atoms with Crippen molar-refractivity contribution >= 4 is 27.8 Å². The molecule has 8 heteroatoms. The SMILES string of the molecule is CCC(=O)c1sc(NCCc2ncon2)c(C#N)c1N. The number of hydrogen-bond donors (Lipinski definition) is 2. The molecular formula is C12H13N5O2S. The minimum absolute atomic E-state index is 0.0600. The average Bonchev–Trinajstić information content (AvgIpc) is 3.06. The molecule has 0 spiro atoms. The van der Waals surface area contributed by atoms with E-state index in [-0.39, 0.29) is 11.5 Å². The summed E-state index contributed by atoms with van der Waals surface area (Å²) in [6.45, 7) is 2.28. The van der Waals surface area contributed by atoms with E-state index in [1.165, 1.54) is 17.7 Å². The number of nitrogens with two attached hydrogens (primary N) is 1. The number of nitrogens with zero attached hydrogens (tertiary/aromatic N) is 3. The summed E-state index contributed by atoms with van der Waals surface area (Å²) < 4.78 is 4.63. The third kappa shape index (κ3) is 2.78. The lowest BCUT2D eigenvalue weighted by Crippen LogP contribution is -2.05. The van der Waals surface area contributed by atoms with Gasteiger partial charge in [0.2, 0.25) is 6.39 Å². The van der Waals surface area contributed by atoms with Gasteiger partial charge in [0.15, 0.2) is 11.6 Å². The van der Waals surface area contributed by atoms with Crippen LogP contribution in [0.5, 0.6) is 0 Å².